The molecule has 0 unspecified atom stereocenters. The third kappa shape index (κ3) is 6.43. The predicted molar refractivity (Wildman–Crippen MR) is 134 cm³/mol. The lowest BCUT2D eigenvalue weighted by Crippen LogP contribution is -2.26. The maximum Gasteiger partial charge on any atom is 0.431 e. The Balaban J connectivity index is 1.92. The van der Waals surface area contributed by atoms with E-state index in [-0.39, 0.29) is 22.1 Å². The first-order chi connectivity index (χ1) is 17.1. The summed E-state index contributed by atoms with van der Waals surface area (Å²) in [6.45, 7) is 3.66. The Hall–Kier alpha value is -4.76. The van der Waals surface area contributed by atoms with Crippen LogP contribution in [0, 0.1) is 22.1 Å². The van der Waals surface area contributed by atoms with Crippen LogP contribution in [0.15, 0.2) is 93.3 Å². The molecule has 0 amide bonds. The van der Waals surface area contributed by atoms with E-state index in [0.29, 0.717) is 17.1 Å². The number of rotatable bonds is 8. The van der Waals surface area contributed by atoms with Crippen molar-refractivity contribution in [1.29, 1.82) is 16.1 Å². The molecule has 0 bridgehead atoms. The first-order valence-corrected chi connectivity index (χ1v) is 10.3. The number of nitriles is 1. The van der Waals surface area contributed by atoms with E-state index in [0.717, 1.165) is 11.3 Å². The highest BCUT2D eigenvalue weighted by Crippen LogP contribution is 2.33. The van der Waals surface area contributed by atoms with Gasteiger partial charge in [-0.2, -0.15) is 33.8 Å². The van der Waals surface area contributed by atoms with Crippen molar-refractivity contribution in [3.63, 3.8) is 0 Å². The van der Waals surface area contributed by atoms with Crippen LogP contribution >= 0.6 is 11.6 Å². The molecule has 2 aromatic rings. The van der Waals surface area contributed by atoms with Gasteiger partial charge in [-0.3, -0.25) is 10.4 Å². The number of hydrazone groups is 2. The molecule has 9 nitrogen and oxygen atoms in total. The monoisotopic (exact) mass is 511 g/mol. The van der Waals surface area contributed by atoms with Crippen LogP contribution in [-0.4, -0.2) is 40.6 Å². The van der Waals surface area contributed by atoms with E-state index < -0.39 is 23.2 Å². The maximum atomic E-state index is 14.1. The summed E-state index contributed by atoms with van der Waals surface area (Å²) in [6.07, 6.45) is 1.94. The fourth-order valence-corrected chi connectivity index (χ4v) is 3.16. The number of hydrogen-bond donors (Lipinski definition) is 4. The number of hydrogen-bond acceptors (Lipinski definition) is 9. The van der Waals surface area contributed by atoms with Gasteiger partial charge in [0, 0.05) is 34.8 Å². The summed E-state index contributed by atoms with van der Waals surface area (Å²) in [7, 11) is 0. The quantitative estimate of drug-likeness (QED) is 0.292. The number of allylic oxidation sites excluding steroid dienone is 5. The van der Waals surface area contributed by atoms with Crippen LogP contribution in [-0.2, 0) is 0 Å². The van der Waals surface area contributed by atoms with Gasteiger partial charge in [-0.1, -0.05) is 24.2 Å². The first kappa shape index (κ1) is 25.9. The molecule has 36 heavy (non-hydrogen) atoms. The van der Waals surface area contributed by atoms with Gasteiger partial charge < -0.3 is 16.0 Å². The molecule has 182 valence electrons. The van der Waals surface area contributed by atoms with Crippen molar-refractivity contribution in [3.8, 4) is 6.07 Å². The number of nitrogens with one attached hydrogen (secondary N) is 4. The van der Waals surface area contributed by atoms with Gasteiger partial charge in [-0.25, -0.2) is 0 Å². The fourth-order valence-electron chi connectivity index (χ4n) is 2.96. The third-order valence-electron chi connectivity index (χ3n) is 4.50. The van der Waals surface area contributed by atoms with Crippen molar-refractivity contribution >= 4 is 52.5 Å². The molecular formula is C23H17ClF3N9. The molecule has 0 saturated heterocycles. The largest absolute Gasteiger partial charge is 0.431 e. The molecule has 1 aromatic heterocycles. The molecule has 13 heteroatoms. The maximum absolute atomic E-state index is 14.1. The average Bonchev–Trinajstić information content (AvgIpc) is 3.02. The number of benzene rings is 1. The standard InChI is InChI=1S/C23H17ClF3N9/c1-14(34-17-8-15(24)13-36(33-12-17)32-11-16(30)9-28)19(10-29)22(23(25,26)27)35-21-6-2-5-20-18(21)4-3-7-31-20/h2-8,10-13,29-30,34-35H,1H2/b22-19+,29-10?,30-16?,32-11-. The van der Waals surface area contributed by atoms with E-state index in [1.807, 2.05) is 0 Å². The van der Waals surface area contributed by atoms with Crippen molar-refractivity contribution in [2.24, 2.45) is 10.2 Å². The molecule has 1 aliphatic heterocycles. The van der Waals surface area contributed by atoms with Crippen LogP contribution in [0.3, 0.4) is 0 Å². The number of nitrogens with zero attached hydrogens (tertiary/aromatic N) is 5. The summed E-state index contributed by atoms with van der Waals surface area (Å²) in [5, 5.41) is 37.9. The predicted octanol–water partition coefficient (Wildman–Crippen LogP) is 5.01. The van der Waals surface area contributed by atoms with Crippen molar-refractivity contribution in [2.45, 2.75) is 6.18 Å². The zero-order valence-electron chi connectivity index (χ0n) is 18.3. The number of fused-ring (bicyclic) bond motifs is 1. The smallest absolute Gasteiger partial charge is 0.354 e. The Morgan fingerprint density at radius 1 is 1.25 bits per heavy atom. The zero-order chi connectivity index (χ0) is 26.3. The average molecular weight is 512 g/mol. The van der Waals surface area contributed by atoms with E-state index in [4.69, 9.17) is 27.7 Å². The lowest BCUT2D eigenvalue weighted by molar-refractivity contribution is -0.0906. The highest BCUT2D eigenvalue weighted by atomic mass is 35.5. The number of anilines is 1. The Morgan fingerprint density at radius 3 is 2.72 bits per heavy atom. The topological polar surface area (TPSA) is 136 Å². The molecule has 1 aliphatic rings. The summed E-state index contributed by atoms with van der Waals surface area (Å²) in [5.74, 6) is 0. The molecule has 0 fully saturated rings. The van der Waals surface area contributed by atoms with Gasteiger partial charge in [0.15, 0.2) is 5.71 Å². The SMILES string of the molecule is C=C(NC1=CC(Cl)=CN(/N=C\C(=N)C#N)N=C1)/C(C=N)=C(/Nc1cccc2ncccc12)C(F)(F)F. The Morgan fingerprint density at radius 2 is 2.03 bits per heavy atom. The summed E-state index contributed by atoms with van der Waals surface area (Å²) in [4.78, 5) is 4.15. The molecule has 0 radical (unpaired) electrons. The second-order valence-corrected chi connectivity index (χ2v) is 7.42. The number of pyridine rings is 1. The summed E-state index contributed by atoms with van der Waals surface area (Å²) in [6, 6.07) is 9.51. The van der Waals surface area contributed by atoms with E-state index in [2.05, 4.69) is 32.4 Å². The van der Waals surface area contributed by atoms with Crippen LogP contribution in [0.4, 0.5) is 18.9 Å². The second kappa shape index (κ2) is 11.1. The minimum absolute atomic E-state index is 0.0845. The normalized spacial score (nSPS) is 14.4. The van der Waals surface area contributed by atoms with Gasteiger partial charge in [0.25, 0.3) is 0 Å². The van der Waals surface area contributed by atoms with Crippen LogP contribution < -0.4 is 10.6 Å². The van der Waals surface area contributed by atoms with E-state index in [1.165, 1.54) is 30.8 Å². The molecule has 0 spiro atoms. The van der Waals surface area contributed by atoms with Gasteiger partial charge in [-0.05, 0) is 30.3 Å². The zero-order valence-corrected chi connectivity index (χ0v) is 19.1. The molecule has 1 aromatic carbocycles. The van der Waals surface area contributed by atoms with Crippen LogP contribution in [0.25, 0.3) is 10.9 Å². The van der Waals surface area contributed by atoms with Crippen LogP contribution in [0.1, 0.15) is 0 Å². The van der Waals surface area contributed by atoms with Gasteiger partial charge in [0.1, 0.15) is 11.8 Å². The van der Waals surface area contributed by atoms with E-state index >= 15 is 0 Å². The number of alkyl halides is 3. The number of aromatic nitrogens is 1. The minimum atomic E-state index is -4.86. The van der Waals surface area contributed by atoms with E-state index in [9.17, 15) is 13.2 Å². The van der Waals surface area contributed by atoms with Crippen molar-refractivity contribution in [1.82, 2.24) is 15.4 Å². The molecule has 0 aliphatic carbocycles. The van der Waals surface area contributed by atoms with Gasteiger partial charge in [-0.15, -0.1) is 0 Å². The summed E-state index contributed by atoms with van der Waals surface area (Å²) in [5.41, 5.74) is -1.65. The number of halogens is 4. The highest BCUT2D eigenvalue weighted by molar-refractivity contribution is 6.36. The fraction of sp³-hybridized carbons (Fsp3) is 0.0435. The van der Waals surface area contributed by atoms with Crippen molar-refractivity contribution in [3.05, 3.63) is 83.1 Å². The third-order valence-corrected chi connectivity index (χ3v) is 4.70. The molecule has 0 saturated carbocycles. The van der Waals surface area contributed by atoms with Crippen LogP contribution in [0.2, 0.25) is 0 Å². The van der Waals surface area contributed by atoms with Gasteiger partial charge in [0.2, 0.25) is 0 Å². The molecule has 2 heterocycles. The first-order valence-electron chi connectivity index (χ1n) is 9.96. The van der Waals surface area contributed by atoms with Gasteiger partial charge >= 0.3 is 6.18 Å². The van der Waals surface area contributed by atoms with Crippen molar-refractivity contribution < 1.29 is 13.2 Å². The minimum Gasteiger partial charge on any atom is -0.354 e. The van der Waals surface area contributed by atoms with Crippen molar-refractivity contribution in [2.75, 3.05) is 5.32 Å². The molecule has 4 N–H and O–H groups in total. The Kier molecular flexibility index (Phi) is 7.98. The Bertz CT molecular complexity index is 1410. The van der Waals surface area contributed by atoms with Crippen LogP contribution in [0.5, 0.6) is 0 Å². The van der Waals surface area contributed by atoms with E-state index in [1.54, 1.807) is 30.3 Å². The molecule has 3 rings (SSSR count). The summed E-state index contributed by atoms with van der Waals surface area (Å²) >= 11 is 6.10. The highest BCUT2D eigenvalue weighted by Gasteiger charge is 2.37. The van der Waals surface area contributed by atoms with Gasteiger partial charge in [0.05, 0.1) is 34.9 Å². The lowest BCUT2D eigenvalue weighted by atomic mass is 10.1. The molecular weight excluding hydrogens is 495 g/mol. The molecule has 0 atom stereocenters. The Labute approximate surface area is 208 Å². The lowest BCUT2D eigenvalue weighted by Gasteiger charge is -2.20. The second-order valence-electron chi connectivity index (χ2n) is 6.98. The summed E-state index contributed by atoms with van der Waals surface area (Å²) < 4.78 is 42.3.